The van der Waals surface area contributed by atoms with Gasteiger partial charge in [-0.05, 0) is 35.0 Å². The molecule has 0 amide bonds. The van der Waals surface area contributed by atoms with E-state index < -0.39 is 0 Å². The van der Waals surface area contributed by atoms with Crippen molar-refractivity contribution in [1.82, 2.24) is 0 Å². The Morgan fingerprint density at radius 2 is 1.54 bits per heavy atom. The predicted octanol–water partition coefficient (Wildman–Crippen LogP) is 4.49. The SMILES string of the molecule is CC1CC(C)(C(C)(C)C)CC1(C)C. The largest absolute Gasteiger partial charge is 0.0620 e. The molecule has 1 aliphatic rings. The highest BCUT2D eigenvalue weighted by atomic mass is 14.5. The summed E-state index contributed by atoms with van der Waals surface area (Å²) in [5.74, 6) is 0.872. The molecular formula is C13H26. The van der Waals surface area contributed by atoms with Crippen LogP contribution in [0.3, 0.4) is 0 Å². The van der Waals surface area contributed by atoms with Crippen LogP contribution in [0.4, 0.5) is 0 Å². The molecule has 0 aliphatic heterocycles. The van der Waals surface area contributed by atoms with Crippen LogP contribution in [0.5, 0.6) is 0 Å². The predicted molar refractivity (Wildman–Crippen MR) is 59.7 cm³/mol. The molecule has 1 fully saturated rings. The molecule has 0 aromatic carbocycles. The van der Waals surface area contributed by atoms with E-state index >= 15 is 0 Å². The number of rotatable bonds is 0. The molecule has 0 radical (unpaired) electrons. The van der Waals surface area contributed by atoms with E-state index in [1.807, 2.05) is 0 Å². The molecular weight excluding hydrogens is 156 g/mol. The standard InChI is InChI=1S/C13H26/c1-10-8-13(7,11(2,3)4)9-12(10,5)6/h10H,8-9H2,1-7H3. The van der Waals surface area contributed by atoms with Gasteiger partial charge in [0.2, 0.25) is 0 Å². The zero-order chi connectivity index (χ0) is 10.5. The molecule has 1 saturated carbocycles. The molecule has 13 heavy (non-hydrogen) atoms. The molecule has 0 aromatic heterocycles. The van der Waals surface area contributed by atoms with Gasteiger partial charge in [0.1, 0.15) is 0 Å². The summed E-state index contributed by atoms with van der Waals surface area (Å²) in [6.07, 6.45) is 2.77. The third-order valence-electron chi connectivity index (χ3n) is 4.75. The Bertz CT molecular complexity index is 191. The van der Waals surface area contributed by atoms with E-state index in [4.69, 9.17) is 0 Å². The molecule has 78 valence electrons. The minimum atomic E-state index is 0.453. The van der Waals surface area contributed by atoms with Crippen LogP contribution in [-0.4, -0.2) is 0 Å². The van der Waals surface area contributed by atoms with Crippen LogP contribution in [-0.2, 0) is 0 Å². The van der Waals surface area contributed by atoms with Gasteiger partial charge in [0.25, 0.3) is 0 Å². The minimum Gasteiger partial charge on any atom is -0.0620 e. The molecule has 0 bridgehead atoms. The molecule has 2 atom stereocenters. The summed E-state index contributed by atoms with van der Waals surface area (Å²) in [6.45, 7) is 16.9. The maximum atomic E-state index is 2.47. The smallest absolute Gasteiger partial charge is 0.0269 e. The summed E-state index contributed by atoms with van der Waals surface area (Å²) in [6, 6.07) is 0. The van der Waals surface area contributed by atoms with Crippen LogP contribution in [0.15, 0.2) is 0 Å². The van der Waals surface area contributed by atoms with Gasteiger partial charge in [-0.2, -0.15) is 0 Å². The van der Waals surface area contributed by atoms with E-state index in [-0.39, 0.29) is 0 Å². The van der Waals surface area contributed by atoms with Gasteiger partial charge in [0, 0.05) is 0 Å². The van der Waals surface area contributed by atoms with Gasteiger partial charge >= 0.3 is 0 Å². The van der Waals surface area contributed by atoms with E-state index in [2.05, 4.69) is 48.5 Å². The van der Waals surface area contributed by atoms with Crippen molar-refractivity contribution >= 4 is 0 Å². The average molecular weight is 182 g/mol. The van der Waals surface area contributed by atoms with E-state index in [1.165, 1.54) is 12.8 Å². The summed E-state index contributed by atoms with van der Waals surface area (Å²) in [5.41, 5.74) is 1.53. The van der Waals surface area contributed by atoms with Crippen molar-refractivity contribution in [2.45, 2.75) is 61.3 Å². The second-order valence-corrected chi connectivity index (χ2v) is 7.08. The van der Waals surface area contributed by atoms with Gasteiger partial charge in [0.05, 0.1) is 0 Å². The fourth-order valence-corrected chi connectivity index (χ4v) is 2.78. The Morgan fingerprint density at radius 1 is 1.08 bits per heavy atom. The second kappa shape index (κ2) is 2.74. The average Bonchev–Trinajstić information content (AvgIpc) is 2.01. The van der Waals surface area contributed by atoms with Crippen LogP contribution >= 0.6 is 0 Å². The lowest BCUT2D eigenvalue weighted by molar-refractivity contribution is 0.102. The normalized spacial score (nSPS) is 39.5. The quantitative estimate of drug-likeness (QED) is 0.517. The Balaban J connectivity index is 2.89. The van der Waals surface area contributed by atoms with E-state index in [1.54, 1.807) is 0 Å². The highest BCUT2D eigenvalue weighted by molar-refractivity contribution is 5.00. The molecule has 1 aliphatic carbocycles. The molecule has 0 N–H and O–H groups in total. The first-order valence-corrected chi connectivity index (χ1v) is 5.58. The highest BCUT2D eigenvalue weighted by Crippen LogP contribution is 2.59. The van der Waals surface area contributed by atoms with Crippen molar-refractivity contribution in [3.8, 4) is 0 Å². The Kier molecular flexibility index (Phi) is 2.34. The first-order chi connectivity index (χ1) is 5.58. The van der Waals surface area contributed by atoms with E-state index in [0.717, 1.165) is 5.92 Å². The zero-order valence-electron chi connectivity index (χ0n) is 10.5. The van der Waals surface area contributed by atoms with Crippen molar-refractivity contribution in [3.63, 3.8) is 0 Å². The summed E-state index contributed by atoms with van der Waals surface area (Å²) in [4.78, 5) is 0. The summed E-state index contributed by atoms with van der Waals surface area (Å²) >= 11 is 0. The Hall–Kier alpha value is 0. The lowest BCUT2D eigenvalue weighted by Crippen LogP contribution is -2.30. The fraction of sp³-hybridized carbons (Fsp3) is 1.00. The third-order valence-corrected chi connectivity index (χ3v) is 4.75. The summed E-state index contributed by atoms with van der Waals surface area (Å²) in [7, 11) is 0. The van der Waals surface area contributed by atoms with E-state index in [0.29, 0.717) is 16.2 Å². The van der Waals surface area contributed by atoms with Gasteiger partial charge < -0.3 is 0 Å². The van der Waals surface area contributed by atoms with Crippen LogP contribution in [0, 0.1) is 22.2 Å². The van der Waals surface area contributed by atoms with Crippen molar-refractivity contribution in [2.24, 2.45) is 22.2 Å². The van der Waals surface area contributed by atoms with Gasteiger partial charge in [-0.1, -0.05) is 48.5 Å². The highest BCUT2D eigenvalue weighted by Gasteiger charge is 2.50. The Morgan fingerprint density at radius 3 is 1.69 bits per heavy atom. The topological polar surface area (TPSA) is 0 Å². The monoisotopic (exact) mass is 182 g/mol. The molecule has 0 spiro atoms. The van der Waals surface area contributed by atoms with Gasteiger partial charge in [-0.25, -0.2) is 0 Å². The van der Waals surface area contributed by atoms with Crippen LogP contribution in [0.1, 0.15) is 61.3 Å². The summed E-state index contributed by atoms with van der Waals surface area (Å²) < 4.78 is 0. The molecule has 0 aromatic rings. The molecule has 0 heteroatoms. The first kappa shape index (κ1) is 11.1. The van der Waals surface area contributed by atoms with Gasteiger partial charge in [-0.3, -0.25) is 0 Å². The number of hydrogen-bond donors (Lipinski definition) is 0. The fourth-order valence-electron chi connectivity index (χ4n) is 2.78. The maximum Gasteiger partial charge on any atom is -0.0269 e. The number of hydrogen-bond acceptors (Lipinski definition) is 0. The van der Waals surface area contributed by atoms with Gasteiger partial charge in [-0.15, -0.1) is 0 Å². The lowest BCUT2D eigenvalue weighted by atomic mass is 9.65. The lowest BCUT2D eigenvalue weighted by Gasteiger charge is -2.40. The maximum absolute atomic E-state index is 2.47. The minimum absolute atomic E-state index is 0.453. The first-order valence-electron chi connectivity index (χ1n) is 5.58. The van der Waals surface area contributed by atoms with Crippen molar-refractivity contribution in [2.75, 3.05) is 0 Å². The zero-order valence-corrected chi connectivity index (χ0v) is 10.5. The second-order valence-electron chi connectivity index (χ2n) is 7.08. The van der Waals surface area contributed by atoms with Crippen molar-refractivity contribution < 1.29 is 0 Å². The van der Waals surface area contributed by atoms with Crippen LogP contribution < -0.4 is 0 Å². The molecule has 1 rings (SSSR count). The van der Waals surface area contributed by atoms with Crippen molar-refractivity contribution in [3.05, 3.63) is 0 Å². The van der Waals surface area contributed by atoms with Gasteiger partial charge in [0.15, 0.2) is 0 Å². The third kappa shape index (κ3) is 1.78. The van der Waals surface area contributed by atoms with Crippen molar-refractivity contribution in [1.29, 1.82) is 0 Å². The summed E-state index contributed by atoms with van der Waals surface area (Å²) in [5, 5.41) is 0. The van der Waals surface area contributed by atoms with Crippen LogP contribution in [0.25, 0.3) is 0 Å². The Labute approximate surface area is 84.1 Å². The van der Waals surface area contributed by atoms with Crippen LogP contribution in [0.2, 0.25) is 0 Å². The molecule has 0 heterocycles. The molecule has 0 saturated heterocycles. The molecule has 2 unspecified atom stereocenters. The molecule has 0 nitrogen and oxygen atoms in total. The van der Waals surface area contributed by atoms with E-state index in [9.17, 15) is 0 Å².